The number of amides is 3. The number of carbonyl (C=O) groups excluding carboxylic acids is 3. The van der Waals surface area contributed by atoms with Gasteiger partial charge in [-0.15, -0.1) is 0 Å². The van der Waals surface area contributed by atoms with Crippen LogP contribution in [0.1, 0.15) is 5.56 Å². The van der Waals surface area contributed by atoms with Crippen molar-refractivity contribution < 1.29 is 14.4 Å². The Morgan fingerprint density at radius 1 is 1.00 bits per heavy atom. The van der Waals surface area contributed by atoms with Crippen molar-refractivity contribution >= 4 is 46.4 Å². The molecule has 0 atom stereocenters. The summed E-state index contributed by atoms with van der Waals surface area (Å²) in [5.41, 5.74) is 3.08. The van der Waals surface area contributed by atoms with Crippen LogP contribution in [0.25, 0.3) is 0 Å². The largest absolute Gasteiger partial charge is 0.368 e. The molecule has 0 saturated carbocycles. The van der Waals surface area contributed by atoms with Gasteiger partial charge in [0.25, 0.3) is 0 Å². The van der Waals surface area contributed by atoms with Crippen molar-refractivity contribution in [2.75, 3.05) is 41.7 Å². The molecule has 3 amide bonds. The molecule has 0 spiro atoms. The summed E-state index contributed by atoms with van der Waals surface area (Å²) in [5.74, 6) is -1.31. The van der Waals surface area contributed by atoms with Crippen molar-refractivity contribution in [1.29, 1.82) is 0 Å². The summed E-state index contributed by atoms with van der Waals surface area (Å²) in [4.78, 5) is 40.0. The highest BCUT2D eigenvalue weighted by Gasteiger charge is 2.26. The summed E-state index contributed by atoms with van der Waals surface area (Å²) in [6.07, 6.45) is 0.334. The van der Waals surface area contributed by atoms with Crippen LogP contribution in [0.5, 0.6) is 0 Å². The summed E-state index contributed by atoms with van der Waals surface area (Å²) in [6.45, 7) is 2.22. The SMILES string of the molecule is O=C1Cc2ccc(NC(=O)C(=O)N3CCN(c4ccc(Cl)cc4)CC3)cc2N1. The Morgan fingerprint density at radius 2 is 1.71 bits per heavy atom. The number of nitrogens with one attached hydrogen (secondary N) is 2. The highest BCUT2D eigenvalue weighted by Crippen LogP contribution is 2.26. The van der Waals surface area contributed by atoms with Gasteiger partial charge in [0.2, 0.25) is 5.91 Å². The molecule has 0 aromatic heterocycles. The van der Waals surface area contributed by atoms with Gasteiger partial charge in [0, 0.05) is 48.3 Å². The van der Waals surface area contributed by atoms with Gasteiger partial charge in [0.15, 0.2) is 0 Å². The summed E-state index contributed by atoms with van der Waals surface area (Å²) in [5, 5.41) is 6.03. The minimum Gasteiger partial charge on any atom is -0.368 e. The zero-order valence-corrected chi connectivity index (χ0v) is 15.8. The molecule has 0 bridgehead atoms. The lowest BCUT2D eigenvalue weighted by Crippen LogP contribution is -2.51. The van der Waals surface area contributed by atoms with Crippen LogP contribution in [0, 0.1) is 0 Å². The maximum Gasteiger partial charge on any atom is 0.313 e. The van der Waals surface area contributed by atoms with E-state index in [0.717, 1.165) is 11.3 Å². The van der Waals surface area contributed by atoms with Crippen LogP contribution in [0.3, 0.4) is 0 Å². The average molecular weight is 399 g/mol. The van der Waals surface area contributed by atoms with Gasteiger partial charge in [-0.2, -0.15) is 0 Å². The van der Waals surface area contributed by atoms with Crippen molar-refractivity contribution in [1.82, 2.24) is 4.90 Å². The smallest absolute Gasteiger partial charge is 0.313 e. The van der Waals surface area contributed by atoms with Gasteiger partial charge in [-0.1, -0.05) is 17.7 Å². The van der Waals surface area contributed by atoms with Gasteiger partial charge in [0.05, 0.1) is 6.42 Å². The van der Waals surface area contributed by atoms with Crippen molar-refractivity contribution in [3.05, 3.63) is 53.1 Å². The topological polar surface area (TPSA) is 81.8 Å². The molecule has 2 aliphatic rings. The second-order valence-electron chi connectivity index (χ2n) is 6.81. The molecule has 0 radical (unpaired) electrons. The van der Waals surface area contributed by atoms with E-state index in [9.17, 15) is 14.4 Å². The van der Waals surface area contributed by atoms with Crippen LogP contribution in [-0.2, 0) is 20.8 Å². The predicted octanol–water partition coefficient (Wildman–Crippen LogP) is 2.12. The Labute approximate surface area is 167 Å². The van der Waals surface area contributed by atoms with Crippen molar-refractivity contribution in [3.8, 4) is 0 Å². The van der Waals surface area contributed by atoms with E-state index in [0.29, 0.717) is 49.0 Å². The van der Waals surface area contributed by atoms with E-state index in [-0.39, 0.29) is 5.91 Å². The number of hydrogen-bond donors (Lipinski definition) is 2. The molecule has 0 aliphatic carbocycles. The number of rotatable bonds is 2. The molecule has 7 nitrogen and oxygen atoms in total. The van der Waals surface area contributed by atoms with Gasteiger partial charge in [-0.25, -0.2) is 0 Å². The van der Waals surface area contributed by atoms with E-state index in [2.05, 4.69) is 15.5 Å². The maximum atomic E-state index is 12.5. The quantitative estimate of drug-likeness (QED) is 0.759. The zero-order chi connectivity index (χ0) is 19.7. The lowest BCUT2D eigenvalue weighted by molar-refractivity contribution is -0.143. The fourth-order valence-corrected chi connectivity index (χ4v) is 3.57. The molecule has 4 rings (SSSR count). The third kappa shape index (κ3) is 3.80. The highest BCUT2D eigenvalue weighted by atomic mass is 35.5. The van der Waals surface area contributed by atoms with Crippen LogP contribution in [0.4, 0.5) is 17.1 Å². The number of anilines is 3. The Morgan fingerprint density at radius 3 is 2.43 bits per heavy atom. The van der Waals surface area contributed by atoms with Crippen LogP contribution in [0.15, 0.2) is 42.5 Å². The number of nitrogens with zero attached hydrogens (tertiary/aromatic N) is 2. The minimum absolute atomic E-state index is 0.0758. The molecule has 8 heteroatoms. The van der Waals surface area contributed by atoms with E-state index >= 15 is 0 Å². The third-order valence-electron chi connectivity index (χ3n) is 4.95. The maximum absolute atomic E-state index is 12.5. The normalized spacial score (nSPS) is 15.8. The lowest BCUT2D eigenvalue weighted by atomic mass is 10.1. The summed E-state index contributed by atoms with van der Waals surface area (Å²) < 4.78 is 0. The van der Waals surface area contributed by atoms with Gasteiger partial charge in [-0.05, 0) is 42.0 Å². The van der Waals surface area contributed by atoms with Crippen LogP contribution in [0.2, 0.25) is 5.02 Å². The Balaban J connectivity index is 1.34. The number of benzene rings is 2. The first-order chi connectivity index (χ1) is 13.5. The number of halogens is 1. The molecular formula is C20H19ClN4O3. The fraction of sp³-hybridized carbons (Fsp3) is 0.250. The highest BCUT2D eigenvalue weighted by molar-refractivity contribution is 6.39. The Kier molecular flexibility index (Phi) is 4.92. The monoisotopic (exact) mass is 398 g/mol. The predicted molar refractivity (Wildman–Crippen MR) is 108 cm³/mol. The molecule has 1 saturated heterocycles. The summed E-state index contributed by atoms with van der Waals surface area (Å²) in [6, 6.07) is 12.7. The van der Waals surface area contributed by atoms with Gasteiger partial charge >= 0.3 is 11.8 Å². The number of fused-ring (bicyclic) bond motifs is 1. The second kappa shape index (κ2) is 7.52. The Hall–Kier alpha value is -3.06. The molecule has 2 aromatic rings. The molecule has 2 aliphatic heterocycles. The lowest BCUT2D eigenvalue weighted by Gasteiger charge is -2.35. The summed E-state index contributed by atoms with van der Waals surface area (Å²) >= 11 is 5.92. The third-order valence-corrected chi connectivity index (χ3v) is 5.20. The van der Waals surface area contributed by atoms with Crippen LogP contribution < -0.4 is 15.5 Å². The first kappa shape index (κ1) is 18.3. The number of hydrogen-bond acceptors (Lipinski definition) is 4. The van der Waals surface area contributed by atoms with E-state index in [1.165, 1.54) is 0 Å². The van der Waals surface area contributed by atoms with E-state index < -0.39 is 11.8 Å². The number of carbonyl (C=O) groups is 3. The average Bonchev–Trinajstić information content (AvgIpc) is 3.07. The van der Waals surface area contributed by atoms with E-state index in [1.807, 2.05) is 24.3 Å². The molecule has 144 valence electrons. The van der Waals surface area contributed by atoms with Gasteiger partial charge in [0.1, 0.15) is 0 Å². The van der Waals surface area contributed by atoms with Crippen LogP contribution >= 0.6 is 11.6 Å². The zero-order valence-electron chi connectivity index (χ0n) is 15.1. The minimum atomic E-state index is -0.677. The molecular weight excluding hydrogens is 380 g/mol. The number of piperazine rings is 1. The molecule has 0 unspecified atom stereocenters. The fourth-order valence-electron chi connectivity index (χ4n) is 3.44. The van der Waals surface area contributed by atoms with Crippen molar-refractivity contribution in [3.63, 3.8) is 0 Å². The molecule has 2 N–H and O–H groups in total. The first-order valence-electron chi connectivity index (χ1n) is 9.03. The summed E-state index contributed by atoms with van der Waals surface area (Å²) in [7, 11) is 0. The second-order valence-corrected chi connectivity index (χ2v) is 7.24. The van der Waals surface area contributed by atoms with Crippen molar-refractivity contribution in [2.24, 2.45) is 0 Å². The Bertz CT molecular complexity index is 937. The van der Waals surface area contributed by atoms with Crippen LogP contribution in [-0.4, -0.2) is 48.8 Å². The van der Waals surface area contributed by atoms with Gasteiger partial charge in [-0.3, -0.25) is 14.4 Å². The molecule has 2 heterocycles. The standard InChI is InChI=1S/C20H19ClN4O3/c21-14-2-5-16(6-3-14)24-7-9-25(10-8-24)20(28)19(27)22-15-4-1-13-11-18(26)23-17(13)12-15/h1-6,12H,7-11H2,(H,22,27)(H,23,26). The van der Waals surface area contributed by atoms with Crippen molar-refractivity contribution in [2.45, 2.75) is 6.42 Å². The molecule has 28 heavy (non-hydrogen) atoms. The van der Waals surface area contributed by atoms with Gasteiger partial charge < -0.3 is 20.4 Å². The van der Waals surface area contributed by atoms with E-state index in [4.69, 9.17) is 11.6 Å². The molecule has 2 aromatic carbocycles. The first-order valence-corrected chi connectivity index (χ1v) is 9.41. The van der Waals surface area contributed by atoms with E-state index in [1.54, 1.807) is 23.1 Å². The molecule has 1 fully saturated rings.